The summed E-state index contributed by atoms with van der Waals surface area (Å²) in [5.41, 5.74) is 4.57. The van der Waals surface area contributed by atoms with Crippen molar-refractivity contribution in [1.29, 1.82) is 0 Å². The Morgan fingerprint density at radius 2 is 1.81 bits per heavy atom. The number of nitrogens with one attached hydrogen (secondary N) is 2. The van der Waals surface area contributed by atoms with Crippen LogP contribution in [0.4, 0.5) is 10.1 Å². The van der Waals surface area contributed by atoms with Gasteiger partial charge in [-0.15, -0.1) is 0 Å². The van der Waals surface area contributed by atoms with Gasteiger partial charge in [-0.05, 0) is 30.3 Å². The molecule has 2 N–H and O–H groups in total. The molecule has 1 saturated heterocycles. The number of nitrogens with zero attached hydrogens (tertiary/aromatic N) is 2. The zero-order valence-electron chi connectivity index (χ0n) is 16.8. The molecule has 1 aliphatic heterocycles. The predicted molar refractivity (Wildman–Crippen MR) is 110 cm³/mol. The Morgan fingerprint density at radius 1 is 1.10 bits per heavy atom. The maximum absolute atomic E-state index is 14.0. The van der Waals surface area contributed by atoms with Crippen LogP contribution in [-0.2, 0) is 19.6 Å². The Morgan fingerprint density at radius 3 is 2.48 bits per heavy atom. The van der Waals surface area contributed by atoms with Gasteiger partial charge in [-0.25, -0.2) is 17.1 Å². The molecule has 2 aromatic carbocycles. The molecule has 164 valence electrons. The normalized spacial score (nSPS) is 16.5. The molecule has 0 spiro atoms. The van der Waals surface area contributed by atoms with Gasteiger partial charge in [0, 0.05) is 32.6 Å². The van der Waals surface area contributed by atoms with Gasteiger partial charge in [0.15, 0.2) is 0 Å². The van der Waals surface area contributed by atoms with Crippen molar-refractivity contribution >= 4 is 33.4 Å². The van der Waals surface area contributed by atoms with Crippen LogP contribution < -0.4 is 15.8 Å². The summed E-state index contributed by atoms with van der Waals surface area (Å²) in [6.45, 7) is -0.0297. The molecule has 11 heteroatoms. The number of para-hydroxylation sites is 1. The van der Waals surface area contributed by atoms with Gasteiger partial charge in [0.2, 0.25) is 21.8 Å². The second kappa shape index (κ2) is 8.82. The first kappa shape index (κ1) is 22.4. The molecule has 1 fully saturated rings. The maximum Gasteiger partial charge on any atom is 0.269 e. The van der Waals surface area contributed by atoms with Gasteiger partial charge in [0.05, 0.1) is 16.5 Å². The number of amides is 3. The highest BCUT2D eigenvalue weighted by Crippen LogP contribution is 2.27. The van der Waals surface area contributed by atoms with Crippen molar-refractivity contribution in [3.8, 4) is 0 Å². The van der Waals surface area contributed by atoms with E-state index in [9.17, 15) is 27.2 Å². The van der Waals surface area contributed by atoms with E-state index in [-0.39, 0.29) is 29.1 Å². The lowest BCUT2D eigenvalue weighted by Crippen LogP contribution is -2.45. The van der Waals surface area contributed by atoms with Crippen LogP contribution in [0.15, 0.2) is 53.4 Å². The average molecular weight is 448 g/mol. The minimum atomic E-state index is -3.73. The molecule has 3 rings (SSSR count). The largest absolute Gasteiger partial charge is 0.309 e. The predicted octanol–water partition coefficient (Wildman–Crippen LogP) is 0.890. The van der Waals surface area contributed by atoms with Crippen LogP contribution in [0.5, 0.6) is 0 Å². The number of carbonyl (C=O) groups excluding carboxylic acids is 3. The Labute approximate surface area is 178 Å². The highest BCUT2D eigenvalue weighted by molar-refractivity contribution is 7.89. The summed E-state index contributed by atoms with van der Waals surface area (Å²) in [4.78, 5) is 38.1. The molecule has 0 aliphatic carbocycles. The summed E-state index contributed by atoms with van der Waals surface area (Å²) in [5.74, 6) is -3.10. The van der Waals surface area contributed by atoms with Crippen LogP contribution in [0.1, 0.15) is 16.8 Å². The SMILES string of the molecule is CN(C)S(=O)(=O)c1cccc(C(=O)NNC(=O)C2CC(=O)N(c3ccccc3F)C2)c1. The molecule has 31 heavy (non-hydrogen) atoms. The molecule has 0 saturated carbocycles. The maximum atomic E-state index is 14.0. The Kier molecular flexibility index (Phi) is 6.37. The van der Waals surface area contributed by atoms with Gasteiger partial charge >= 0.3 is 0 Å². The Hall–Kier alpha value is -3.31. The van der Waals surface area contributed by atoms with E-state index >= 15 is 0 Å². The number of benzene rings is 2. The lowest BCUT2D eigenvalue weighted by atomic mass is 10.1. The molecule has 1 heterocycles. The van der Waals surface area contributed by atoms with Crippen molar-refractivity contribution in [1.82, 2.24) is 15.2 Å². The van der Waals surface area contributed by atoms with E-state index < -0.39 is 39.5 Å². The molecule has 0 aromatic heterocycles. The van der Waals surface area contributed by atoms with Crippen molar-refractivity contribution in [2.24, 2.45) is 5.92 Å². The number of hydrogen-bond acceptors (Lipinski definition) is 5. The molecule has 0 bridgehead atoms. The van der Waals surface area contributed by atoms with Crippen molar-refractivity contribution in [2.45, 2.75) is 11.3 Å². The van der Waals surface area contributed by atoms with E-state index in [0.717, 1.165) is 4.31 Å². The fourth-order valence-electron chi connectivity index (χ4n) is 3.09. The number of hydrogen-bond donors (Lipinski definition) is 2. The number of rotatable bonds is 5. The van der Waals surface area contributed by atoms with Gasteiger partial charge in [-0.1, -0.05) is 18.2 Å². The second-order valence-corrected chi connectivity index (χ2v) is 9.27. The van der Waals surface area contributed by atoms with Crippen molar-refractivity contribution in [3.05, 3.63) is 59.9 Å². The molecule has 0 radical (unpaired) electrons. The summed E-state index contributed by atoms with van der Waals surface area (Å²) in [6.07, 6.45) is -0.132. The summed E-state index contributed by atoms with van der Waals surface area (Å²) < 4.78 is 39.4. The number of carbonyl (C=O) groups is 3. The molecular weight excluding hydrogens is 427 g/mol. The monoisotopic (exact) mass is 448 g/mol. The van der Waals surface area contributed by atoms with Gasteiger partial charge in [0.25, 0.3) is 5.91 Å². The van der Waals surface area contributed by atoms with E-state index in [4.69, 9.17) is 0 Å². The first-order valence-electron chi connectivity index (χ1n) is 9.29. The first-order valence-corrected chi connectivity index (χ1v) is 10.7. The van der Waals surface area contributed by atoms with Gasteiger partial charge < -0.3 is 4.90 Å². The lowest BCUT2D eigenvalue weighted by Gasteiger charge is -2.17. The Bertz CT molecular complexity index is 1140. The van der Waals surface area contributed by atoms with Crippen LogP contribution in [0.3, 0.4) is 0 Å². The number of halogens is 1. The third kappa shape index (κ3) is 4.72. The minimum absolute atomic E-state index is 0.0266. The minimum Gasteiger partial charge on any atom is -0.309 e. The standard InChI is InChI=1S/C20H21FN4O5S/c1-24(2)31(29,30)15-7-5-6-13(10-15)19(27)22-23-20(28)14-11-18(26)25(12-14)17-9-4-3-8-16(17)21/h3-10,14H,11-12H2,1-2H3,(H,22,27)(H,23,28). The van der Waals surface area contributed by atoms with Crippen molar-refractivity contribution in [3.63, 3.8) is 0 Å². The highest BCUT2D eigenvalue weighted by atomic mass is 32.2. The zero-order valence-corrected chi connectivity index (χ0v) is 17.6. The van der Waals surface area contributed by atoms with E-state index in [2.05, 4.69) is 10.9 Å². The van der Waals surface area contributed by atoms with Gasteiger partial charge in [-0.2, -0.15) is 0 Å². The quantitative estimate of drug-likeness (QED) is 0.659. The Balaban J connectivity index is 1.63. The summed E-state index contributed by atoms with van der Waals surface area (Å²) in [5, 5.41) is 0. The molecule has 1 unspecified atom stereocenters. The number of sulfonamides is 1. The van der Waals surface area contributed by atoms with Crippen molar-refractivity contribution < 1.29 is 27.2 Å². The lowest BCUT2D eigenvalue weighted by molar-refractivity contribution is -0.126. The smallest absolute Gasteiger partial charge is 0.269 e. The number of anilines is 1. The summed E-state index contributed by atoms with van der Waals surface area (Å²) >= 11 is 0. The van der Waals surface area contributed by atoms with Gasteiger partial charge in [0.1, 0.15) is 5.82 Å². The highest BCUT2D eigenvalue weighted by Gasteiger charge is 2.36. The van der Waals surface area contributed by atoms with Crippen LogP contribution >= 0.6 is 0 Å². The molecule has 1 aliphatic rings. The van der Waals surface area contributed by atoms with Crippen LogP contribution in [-0.4, -0.2) is 51.1 Å². The zero-order chi connectivity index (χ0) is 22.8. The third-order valence-corrected chi connectivity index (χ3v) is 6.62. The fraction of sp³-hybridized carbons (Fsp3) is 0.250. The van der Waals surface area contributed by atoms with Crippen LogP contribution in [0.25, 0.3) is 0 Å². The van der Waals surface area contributed by atoms with E-state index in [0.29, 0.717) is 0 Å². The van der Waals surface area contributed by atoms with Gasteiger partial charge in [-0.3, -0.25) is 25.2 Å². The van der Waals surface area contributed by atoms with E-state index in [1.165, 1.54) is 61.5 Å². The van der Waals surface area contributed by atoms with E-state index in [1.807, 2.05) is 0 Å². The molecule has 2 aromatic rings. The second-order valence-electron chi connectivity index (χ2n) is 7.12. The molecule has 1 atom stereocenters. The number of hydrazine groups is 1. The van der Waals surface area contributed by atoms with E-state index in [1.54, 1.807) is 6.07 Å². The third-order valence-electron chi connectivity index (χ3n) is 4.81. The fourth-order valence-corrected chi connectivity index (χ4v) is 4.04. The average Bonchev–Trinajstić information content (AvgIpc) is 3.13. The molecule has 3 amide bonds. The van der Waals surface area contributed by atoms with Crippen LogP contribution in [0, 0.1) is 11.7 Å². The summed E-state index contributed by atoms with van der Waals surface area (Å²) in [7, 11) is -0.985. The summed E-state index contributed by atoms with van der Waals surface area (Å²) in [6, 6.07) is 11.1. The topological polar surface area (TPSA) is 116 Å². The first-order chi connectivity index (χ1) is 14.6. The molecule has 9 nitrogen and oxygen atoms in total. The van der Waals surface area contributed by atoms with Crippen molar-refractivity contribution in [2.75, 3.05) is 25.5 Å². The van der Waals surface area contributed by atoms with Crippen LogP contribution in [0.2, 0.25) is 0 Å². The molecular formula is C20H21FN4O5S.